The van der Waals surface area contributed by atoms with Crippen LogP contribution in [0.3, 0.4) is 0 Å². The van der Waals surface area contributed by atoms with Crippen LogP contribution in [0.25, 0.3) is 0 Å². The largest absolute Gasteiger partial charge is 0.497 e. The quantitative estimate of drug-likeness (QED) is 0.357. The molecule has 2 aliphatic heterocycles. The van der Waals surface area contributed by atoms with Gasteiger partial charge in [-0.25, -0.2) is 13.2 Å². The minimum Gasteiger partial charge on any atom is -0.497 e. The number of aliphatic hydroxyl groups is 1. The molecule has 0 aliphatic carbocycles. The summed E-state index contributed by atoms with van der Waals surface area (Å²) < 4.78 is 54.4. The number of aliphatic hydroxyl groups excluding tert-OH is 1. The third-order valence-corrected chi connectivity index (χ3v) is 8.15. The molecule has 2 atom stereocenters. The molecular weight excluding hydrogens is 544 g/mol. The van der Waals surface area contributed by atoms with Crippen LogP contribution in [0.5, 0.6) is 5.75 Å². The molecule has 0 radical (unpaired) electrons. The summed E-state index contributed by atoms with van der Waals surface area (Å²) in [6.45, 7) is 0.921. The first-order chi connectivity index (χ1) is 19.3. The van der Waals surface area contributed by atoms with Gasteiger partial charge in [0.25, 0.3) is 10.0 Å². The first-order valence-corrected chi connectivity index (χ1v) is 14.5. The second kappa shape index (κ2) is 14.7. The molecule has 40 heavy (non-hydrogen) atoms. The lowest BCUT2D eigenvalue weighted by molar-refractivity contribution is -0.170. The molecule has 13 heteroatoms. The maximum absolute atomic E-state index is 13.7. The fourth-order valence-corrected chi connectivity index (χ4v) is 5.61. The van der Waals surface area contributed by atoms with Crippen molar-refractivity contribution in [1.29, 1.82) is 0 Å². The van der Waals surface area contributed by atoms with Crippen molar-refractivity contribution >= 4 is 16.1 Å². The molecule has 2 fully saturated rings. The van der Waals surface area contributed by atoms with Crippen molar-refractivity contribution < 1.29 is 46.8 Å². The van der Waals surface area contributed by atoms with E-state index in [0.29, 0.717) is 31.8 Å². The fraction of sp³-hybridized carbons (Fsp3) is 0.519. The number of hydrogen-bond acceptors (Lipinski definition) is 10. The van der Waals surface area contributed by atoms with Crippen molar-refractivity contribution in [2.45, 2.75) is 48.5 Å². The Balaban J connectivity index is 1.54. The van der Waals surface area contributed by atoms with Crippen LogP contribution in [0.4, 0.5) is 4.79 Å². The van der Waals surface area contributed by atoms with Gasteiger partial charge in [-0.1, -0.05) is 34.8 Å². The summed E-state index contributed by atoms with van der Waals surface area (Å²) in [5.74, 6) is 0.496. The molecule has 2 aromatic carbocycles. The van der Waals surface area contributed by atoms with Crippen LogP contribution in [-0.4, -0.2) is 95.3 Å². The Morgan fingerprint density at radius 1 is 1.02 bits per heavy atom. The van der Waals surface area contributed by atoms with Crippen LogP contribution < -0.4 is 10.1 Å². The van der Waals surface area contributed by atoms with Crippen molar-refractivity contribution in [2.24, 2.45) is 0 Å². The molecule has 220 valence electrons. The molecule has 2 heterocycles. The van der Waals surface area contributed by atoms with Crippen molar-refractivity contribution in [3.8, 4) is 5.75 Å². The Labute approximate surface area is 234 Å². The monoisotopic (exact) mass is 580 g/mol. The van der Waals surface area contributed by atoms with Crippen molar-refractivity contribution in [3.05, 3.63) is 60.2 Å². The number of carbonyl (C=O) groups excluding carboxylic acids is 1. The van der Waals surface area contributed by atoms with Gasteiger partial charge in [0.1, 0.15) is 12.5 Å². The minimum absolute atomic E-state index is 0.0307. The van der Waals surface area contributed by atoms with Crippen LogP contribution in [0, 0.1) is 0 Å². The van der Waals surface area contributed by atoms with Gasteiger partial charge >= 0.3 is 6.09 Å². The first-order valence-electron chi connectivity index (χ1n) is 13.1. The van der Waals surface area contributed by atoms with E-state index in [-0.39, 0.29) is 31.3 Å². The second-order valence-corrected chi connectivity index (χ2v) is 11.3. The number of nitrogens with zero attached hydrogens (tertiary/aromatic N) is 1. The Morgan fingerprint density at radius 2 is 1.70 bits per heavy atom. The molecule has 2 aliphatic rings. The Bertz CT molecular complexity index is 1150. The molecule has 0 bridgehead atoms. The van der Waals surface area contributed by atoms with Gasteiger partial charge in [0.2, 0.25) is 0 Å². The molecule has 2 N–H and O–H groups in total. The van der Waals surface area contributed by atoms with Crippen LogP contribution in [-0.2, 0) is 40.2 Å². The Morgan fingerprint density at radius 3 is 2.35 bits per heavy atom. The zero-order chi connectivity index (χ0) is 28.4. The highest BCUT2D eigenvalue weighted by molar-refractivity contribution is 7.89. The van der Waals surface area contributed by atoms with E-state index in [0.717, 1.165) is 10.0 Å². The highest BCUT2D eigenvalue weighted by atomic mass is 32.2. The maximum atomic E-state index is 13.7. The third kappa shape index (κ3) is 8.61. The standard InChI is InChI=1S/C27H36N2O10S/c1-34-21-7-9-24(10-8-21)40(32,33)29(39-22-11-13-35-14-12-22)16-26(30)25(15-20-5-3-2-4-6-20)28-27(31)38-23-17-36-19-37-18-23/h2-10,22-23,25-26,30H,11-19H2,1H3,(H,28,31)/t25-,26-/m0/s1. The molecular formula is C27H36N2O10S. The number of methoxy groups -OCH3 is 1. The highest BCUT2D eigenvalue weighted by Gasteiger charge is 2.34. The van der Waals surface area contributed by atoms with E-state index in [1.165, 1.54) is 31.4 Å². The third-order valence-electron chi connectivity index (χ3n) is 6.51. The lowest BCUT2D eigenvalue weighted by Gasteiger charge is -2.32. The average molecular weight is 581 g/mol. The number of ether oxygens (including phenoxy) is 5. The molecule has 0 unspecified atom stereocenters. The smallest absolute Gasteiger partial charge is 0.407 e. The topological polar surface area (TPSA) is 142 Å². The number of sulfonamides is 1. The molecule has 0 spiro atoms. The molecule has 2 saturated heterocycles. The number of rotatable bonds is 12. The molecule has 2 aromatic rings. The van der Waals surface area contributed by atoms with E-state index in [4.69, 9.17) is 28.5 Å². The van der Waals surface area contributed by atoms with Crippen LogP contribution >= 0.6 is 0 Å². The van der Waals surface area contributed by atoms with Gasteiger partial charge in [-0.2, -0.15) is 0 Å². The van der Waals surface area contributed by atoms with E-state index >= 15 is 0 Å². The molecule has 4 rings (SSSR count). The van der Waals surface area contributed by atoms with E-state index in [1.54, 1.807) is 0 Å². The van der Waals surface area contributed by atoms with Crippen LogP contribution in [0.1, 0.15) is 18.4 Å². The predicted octanol–water partition coefficient (Wildman–Crippen LogP) is 1.87. The zero-order valence-electron chi connectivity index (χ0n) is 22.3. The predicted molar refractivity (Wildman–Crippen MR) is 142 cm³/mol. The van der Waals surface area contributed by atoms with Gasteiger partial charge < -0.3 is 34.1 Å². The SMILES string of the molecule is COc1ccc(S(=O)(=O)N(C[C@H](O)[C@H](Cc2ccccc2)NC(=O)OC2COCOC2)OC2CCOCC2)cc1. The van der Waals surface area contributed by atoms with Crippen molar-refractivity contribution in [3.63, 3.8) is 0 Å². The lowest BCUT2D eigenvalue weighted by atomic mass is 10.0. The molecule has 0 aromatic heterocycles. The number of amides is 1. The second-order valence-electron chi connectivity index (χ2n) is 9.48. The Kier molecular flexibility index (Phi) is 11.1. The fourth-order valence-electron chi connectivity index (χ4n) is 4.31. The summed E-state index contributed by atoms with van der Waals surface area (Å²) in [4.78, 5) is 18.7. The van der Waals surface area contributed by atoms with Gasteiger partial charge in [0.05, 0.1) is 50.0 Å². The number of nitrogens with one attached hydrogen (secondary N) is 1. The first kappa shape index (κ1) is 30.2. The molecule has 1 amide bonds. The van der Waals surface area contributed by atoms with E-state index in [9.17, 15) is 18.3 Å². The number of alkyl carbamates (subject to hydrolysis) is 1. The summed E-state index contributed by atoms with van der Waals surface area (Å²) in [6, 6.07) is 14.2. The van der Waals surface area contributed by atoms with Crippen LogP contribution in [0.15, 0.2) is 59.5 Å². The molecule has 12 nitrogen and oxygen atoms in total. The van der Waals surface area contributed by atoms with E-state index < -0.39 is 47.0 Å². The lowest BCUT2D eigenvalue weighted by Crippen LogP contribution is -2.52. The van der Waals surface area contributed by atoms with Gasteiger partial charge in [-0.3, -0.25) is 4.84 Å². The summed E-state index contributed by atoms with van der Waals surface area (Å²) >= 11 is 0. The maximum Gasteiger partial charge on any atom is 0.407 e. The van der Waals surface area contributed by atoms with E-state index in [2.05, 4.69) is 5.32 Å². The van der Waals surface area contributed by atoms with Gasteiger partial charge in [-0.15, -0.1) is 0 Å². The van der Waals surface area contributed by atoms with Crippen molar-refractivity contribution in [2.75, 3.05) is 46.9 Å². The highest BCUT2D eigenvalue weighted by Crippen LogP contribution is 2.24. The van der Waals surface area contributed by atoms with Gasteiger partial charge in [0, 0.05) is 13.2 Å². The zero-order valence-corrected chi connectivity index (χ0v) is 23.2. The Hall–Kier alpha value is -2.78. The number of hydroxylamine groups is 1. The summed E-state index contributed by atoms with van der Waals surface area (Å²) in [7, 11) is -2.71. The number of benzene rings is 2. The molecule has 0 saturated carbocycles. The normalized spacial score (nSPS) is 18.7. The van der Waals surface area contributed by atoms with Crippen LogP contribution in [0.2, 0.25) is 0 Å². The average Bonchev–Trinajstić information content (AvgIpc) is 2.98. The summed E-state index contributed by atoms with van der Waals surface area (Å²) in [6.07, 6.45) is -1.98. The minimum atomic E-state index is -4.20. The summed E-state index contributed by atoms with van der Waals surface area (Å²) in [5.41, 5.74) is 0.825. The summed E-state index contributed by atoms with van der Waals surface area (Å²) in [5, 5.41) is 14.1. The van der Waals surface area contributed by atoms with Gasteiger partial charge in [0.15, 0.2) is 6.10 Å². The van der Waals surface area contributed by atoms with E-state index in [1.807, 2.05) is 30.3 Å². The van der Waals surface area contributed by atoms with Crippen molar-refractivity contribution in [1.82, 2.24) is 9.79 Å². The van der Waals surface area contributed by atoms with Gasteiger partial charge in [-0.05, 0) is 49.1 Å². The number of carbonyl (C=O) groups is 1. The number of hydrogen-bond donors (Lipinski definition) is 2.